The molecule has 0 amide bonds. The summed E-state index contributed by atoms with van der Waals surface area (Å²) in [5, 5.41) is 3.36. The van der Waals surface area contributed by atoms with Crippen LogP contribution in [0.1, 0.15) is 22.7 Å². The molecule has 1 atom stereocenters. The van der Waals surface area contributed by atoms with Gasteiger partial charge in [0.25, 0.3) is 0 Å². The van der Waals surface area contributed by atoms with E-state index in [0.717, 1.165) is 15.8 Å². The van der Waals surface area contributed by atoms with Crippen LogP contribution in [0.4, 0.5) is 0 Å². The second-order valence-electron chi connectivity index (χ2n) is 4.52. The fourth-order valence-corrected chi connectivity index (χ4v) is 2.66. The molecule has 2 nitrogen and oxygen atoms in total. The van der Waals surface area contributed by atoms with E-state index in [-0.39, 0.29) is 6.04 Å². The topological polar surface area (TPSA) is 21.3 Å². The lowest BCUT2D eigenvalue weighted by Gasteiger charge is -2.20. The maximum absolute atomic E-state index is 5.47. The molecule has 1 N–H and O–H groups in total. The lowest BCUT2D eigenvalue weighted by molar-refractivity contribution is 0.405. The predicted molar refractivity (Wildman–Crippen MR) is 82.8 cm³/mol. The zero-order valence-corrected chi connectivity index (χ0v) is 13.0. The van der Waals surface area contributed by atoms with Crippen LogP contribution in [0.3, 0.4) is 0 Å². The van der Waals surface area contributed by atoms with Crippen molar-refractivity contribution in [1.29, 1.82) is 0 Å². The van der Waals surface area contributed by atoms with Gasteiger partial charge in [0.2, 0.25) is 0 Å². The number of hydrogen-bond acceptors (Lipinski definition) is 2. The van der Waals surface area contributed by atoms with Crippen LogP contribution < -0.4 is 10.1 Å². The van der Waals surface area contributed by atoms with Gasteiger partial charge in [-0.1, -0.05) is 45.8 Å². The first-order chi connectivity index (χ1) is 9.15. The molecule has 0 saturated heterocycles. The van der Waals surface area contributed by atoms with Gasteiger partial charge in [-0.15, -0.1) is 0 Å². The standard InChI is InChI=1S/C16H18BrNO/c1-11-5-4-6-12(9-11)16(18-2)14-10-13(17)7-8-15(14)19-3/h4-10,16,18H,1-3H3. The van der Waals surface area contributed by atoms with Crippen LogP contribution in [-0.4, -0.2) is 14.2 Å². The van der Waals surface area contributed by atoms with Crippen LogP contribution in [-0.2, 0) is 0 Å². The number of ether oxygens (including phenoxy) is 1. The maximum atomic E-state index is 5.47. The first-order valence-corrected chi connectivity index (χ1v) is 7.02. The Bertz CT molecular complexity index is 568. The van der Waals surface area contributed by atoms with Crippen molar-refractivity contribution < 1.29 is 4.74 Å². The fraction of sp³-hybridized carbons (Fsp3) is 0.250. The molecule has 2 rings (SSSR count). The van der Waals surface area contributed by atoms with E-state index in [2.05, 4.69) is 58.5 Å². The molecule has 3 heteroatoms. The van der Waals surface area contributed by atoms with Gasteiger partial charge in [0.05, 0.1) is 13.2 Å². The van der Waals surface area contributed by atoms with Gasteiger partial charge in [0, 0.05) is 10.0 Å². The normalized spacial score (nSPS) is 12.2. The Morgan fingerprint density at radius 2 is 1.95 bits per heavy atom. The molecule has 0 fully saturated rings. The molecular formula is C16H18BrNO. The van der Waals surface area contributed by atoms with Crippen molar-refractivity contribution in [3.05, 3.63) is 63.6 Å². The second kappa shape index (κ2) is 6.22. The fourth-order valence-electron chi connectivity index (χ4n) is 2.28. The van der Waals surface area contributed by atoms with E-state index in [0.29, 0.717) is 0 Å². The highest BCUT2D eigenvalue weighted by Gasteiger charge is 2.17. The number of nitrogens with one attached hydrogen (secondary N) is 1. The smallest absolute Gasteiger partial charge is 0.124 e. The predicted octanol–water partition coefficient (Wildman–Crippen LogP) is 4.07. The maximum Gasteiger partial charge on any atom is 0.124 e. The molecule has 19 heavy (non-hydrogen) atoms. The molecule has 0 radical (unpaired) electrons. The van der Waals surface area contributed by atoms with E-state index in [9.17, 15) is 0 Å². The molecule has 2 aromatic carbocycles. The first-order valence-electron chi connectivity index (χ1n) is 6.23. The van der Waals surface area contributed by atoms with Gasteiger partial charge in [0.15, 0.2) is 0 Å². The Balaban J connectivity index is 2.50. The molecule has 0 aromatic heterocycles. The molecule has 2 aromatic rings. The average molecular weight is 320 g/mol. The Kier molecular flexibility index (Phi) is 4.61. The summed E-state index contributed by atoms with van der Waals surface area (Å²) in [5.41, 5.74) is 3.62. The zero-order chi connectivity index (χ0) is 13.8. The van der Waals surface area contributed by atoms with Crippen LogP contribution in [0.5, 0.6) is 5.75 Å². The number of methoxy groups -OCH3 is 1. The highest BCUT2D eigenvalue weighted by molar-refractivity contribution is 9.10. The molecule has 0 bridgehead atoms. The van der Waals surface area contributed by atoms with Crippen LogP contribution in [0.25, 0.3) is 0 Å². The number of rotatable bonds is 4. The Morgan fingerprint density at radius 3 is 2.58 bits per heavy atom. The molecule has 0 saturated carbocycles. The molecular weight excluding hydrogens is 302 g/mol. The third kappa shape index (κ3) is 3.17. The van der Waals surface area contributed by atoms with Crippen molar-refractivity contribution in [3.8, 4) is 5.75 Å². The van der Waals surface area contributed by atoms with Crippen molar-refractivity contribution in [2.75, 3.05) is 14.2 Å². The lowest BCUT2D eigenvalue weighted by atomic mass is 9.97. The van der Waals surface area contributed by atoms with Crippen molar-refractivity contribution in [2.45, 2.75) is 13.0 Å². The second-order valence-corrected chi connectivity index (χ2v) is 5.44. The van der Waals surface area contributed by atoms with Crippen LogP contribution in [0.2, 0.25) is 0 Å². The summed E-state index contributed by atoms with van der Waals surface area (Å²) in [6.45, 7) is 2.11. The molecule has 0 aliphatic heterocycles. The highest BCUT2D eigenvalue weighted by Crippen LogP contribution is 2.32. The molecule has 100 valence electrons. The lowest BCUT2D eigenvalue weighted by Crippen LogP contribution is -2.18. The number of halogens is 1. The first kappa shape index (κ1) is 14.1. The monoisotopic (exact) mass is 319 g/mol. The molecule has 0 heterocycles. The van der Waals surface area contributed by atoms with Crippen molar-refractivity contribution in [3.63, 3.8) is 0 Å². The zero-order valence-electron chi connectivity index (χ0n) is 11.4. The highest BCUT2D eigenvalue weighted by atomic mass is 79.9. The number of aryl methyl sites for hydroxylation is 1. The van der Waals surface area contributed by atoms with Crippen molar-refractivity contribution in [2.24, 2.45) is 0 Å². The molecule has 1 unspecified atom stereocenters. The van der Waals surface area contributed by atoms with E-state index in [1.54, 1.807) is 7.11 Å². The van der Waals surface area contributed by atoms with Gasteiger partial charge < -0.3 is 10.1 Å². The van der Waals surface area contributed by atoms with Gasteiger partial charge in [-0.25, -0.2) is 0 Å². The molecule has 0 aliphatic carbocycles. The summed E-state index contributed by atoms with van der Waals surface area (Å²) in [5.74, 6) is 0.893. The summed E-state index contributed by atoms with van der Waals surface area (Å²) >= 11 is 3.53. The van der Waals surface area contributed by atoms with Crippen LogP contribution >= 0.6 is 15.9 Å². The summed E-state index contributed by atoms with van der Waals surface area (Å²) < 4.78 is 6.53. The molecule has 0 spiro atoms. The summed E-state index contributed by atoms with van der Waals surface area (Å²) in [6, 6.07) is 14.7. The Labute approximate surface area is 122 Å². The quantitative estimate of drug-likeness (QED) is 0.917. The minimum Gasteiger partial charge on any atom is -0.496 e. The number of hydrogen-bond donors (Lipinski definition) is 1. The summed E-state index contributed by atoms with van der Waals surface area (Å²) in [7, 11) is 3.67. The van der Waals surface area contributed by atoms with Crippen LogP contribution in [0, 0.1) is 6.92 Å². The van der Waals surface area contributed by atoms with E-state index in [4.69, 9.17) is 4.74 Å². The minimum absolute atomic E-state index is 0.118. The third-order valence-electron chi connectivity index (χ3n) is 3.17. The van der Waals surface area contributed by atoms with Crippen molar-refractivity contribution >= 4 is 15.9 Å². The number of benzene rings is 2. The van der Waals surface area contributed by atoms with E-state index in [1.807, 2.05) is 19.2 Å². The summed E-state index contributed by atoms with van der Waals surface area (Å²) in [6.07, 6.45) is 0. The Morgan fingerprint density at radius 1 is 1.16 bits per heavy atom. The molecule has 0 aliphatic rings. The van der Waals surface area contributed by atoms with Gasteiger partial charge >= 0.3 is 0 Å². The largest absolute Gasteiger partial charge is 0.496 e. The average Bonchev–Trinajstić information content (AvgIpc) is 2.40. The van der Waals surface area contributed by atoms with Gasteiger partial charge in [-0.2, -0.15) is 0 Å². The van der Waals surface area contributed by atoms with Gasteiger partial charge in [-0.05, 0) is 37.7 Å². The van der Waals surface area contributed by atoms with Gasteiger partial charge in [-0.3, -0.25) is 0 Å². The van der Waals surface area contributed by atoms with E-state index in [1.165, 1.54) is 11.1 Å². The minimum atomic E-state index is 0.118. The van der Waals surface area contributed by atoms with Crippen LogP contribution in [0.15, 0.2) is 46.9 Å². The SMILES string of the molecule is CNC(c1cccc(C)c1)c1cc(Br)ccc1OC. The Hall–Kier alpha value is -1.32. The van der Waals surface area contributed by atoms with E-state index >= 15 is 0 Å². The summed E-state index contributed by atoms with van der Waals surface area (Å²) in [4.78, 5) is 0. The third-order valence-corrected chi connectivity index (χ3v) is 3.66. The van der Waals surface area contributed by atoms with Gasteiger partial charge in [0.1, 0.15) is 5.75 Å². The van der Waals surface area contributed by atoms with E-state index < -0.39 is 0 Å². The van der Waals surface area contributed by atoms with Crippen molar-refractivity contribution in [1.82, 2.24) is 5.32 Å².